The average molecular weight is 346 g/mol. The number of hydrogen-bond acceptors (Lipinski definition) is 4. The topological polar surface area (TPSA) is 42.0 Å². The molecule has 1 aromatic heterocycles. The first kappa shape index (κ1) is 16.0. The van der Waals surface area contributed by atoms with Crippen molar-refractivity contribution in [3.8, 4) is 0 Å². The number of anilines is 1. The van der Waals surface area contributed by atoms with E-state index in [-0.39, 0.29) is 17.5 Å². The number of benzene rings is 2. The number of fused-ring (bicyclic) bond motifs is 1. The van der Waals surface area contributed by atoms with Crippen molar-refractivity contribution in [2.24, 2.45) is 0 Å². The molecule has 0 aliphatic carbocycles. The van der Waals surface area contributed by atoms with Gasteiger partial charge in [0.25, 0.3) is 0 Å². The summed E-state index contributed by atoms with van der Waals surface area (Å²) in [6.07, 6.45) is 0. The Morgan fingerprint density at radius 3 is 2.74 bits per heavy atom. The Kier molecular flexibility index (Phi) is 4.63. The summed E-state index contributed by atoms with van der Waals surface area (Å²) in [6.45, 7) is 4.08. The molecule has 0 fully saturated rings. The normalized spacial score (nSPS) is 10.9. The number of aryl methyl sites for hydroxylation is 2. The molecule has 0 unspecified atom stereocenters. The van der Waals surface area contributed by atoms with Crippen molar-refractivity contribution >= 4 is 44.4 Å². The molecule has 0 aliphatic rings. The average Bonchev–Trinajstić information content (AvgIpc) is 2.89. The van der Waals surface area contributed by atoms with Gasteiger partial charge in [0.1, 0.15) is 5.82 Å². The van der Waals surface area contributed by atoms with Gasteiger partial charge in [-0.25, -0.2) is 9.37 Å². The molecule has 0 saturated heterocycles. The second-order valence-electron chi connectivity index (χ2n) is 5.24. The van der Waals surface area contributed by atoms with E-state index in [0.29, 0.717) is 5.13 Å². The van der Waals surface area contributed by atoms with Crippen LogP contribution in [0, 0.1) is 19.7 Å². The van der Waals surface area contributed by atoms with Crippen molar-refractivity contribution in [2.45, 2.75) is 18.7 Å². The van der Waals surface area contributed by atoms with Gasteiger partial charge in [0.05, 0.1) is 16.0 Å². The third-order valence-corrected chi connectivity index (χ3v) is 5.38. The first-order valence-corrected chi connectivity index (χ1v) is 8.87. The van der Waals surface area contributed by atoms with E-state index >= 15 is 0 Å². The lowest BCUT2D eigenvalue weighted by atomic mass is 10.1. The standard InChI is InChI=1S/C17H15FN2OS2/c1-10-7-11(2)16-14(8-10)19-17(23-16)20-15(21)9-22-13-5-3-12(18)4-6-13/h3-8H,9H2,1-2H3,(H,19,20,21). The summed E-state index contributed by atoms with van der Waals surface area (Å²) in [5.41, 5.74) is 3.23. The second-order valence-corrected chi connectivity index (χ2v) is 7.29. The van der Waals surface area contributed by atoms with Gasteiger partial charge in [0, 0.05) is 4.90 Å². The van der Waals surface area contributed by atoms with Crippen molar-refractivity contribution in [2.75, 3.05) is 11.1 Å². The summed E-state index contributed by atoms with van der Waals surface area (Å²) < 4.78 is 13.9. The smallest absolute Gasteiger partial charge is 0.236 e. The largest absolute Gasteiger partial charge is 0.301 e. The fourth-order valence-electron chi connectivity index (χ4n) is 2.27. The molecule has 1 amide bonds. The van der Waals surface area contributed by atoms with E-state index in [1.807, 2.05) is 19.9 Å². The predicted octanol–water partition coefficient (Wildman–Crippen LogP) is 4.78. The van der Waals surface area contributed by atoms with E-state index < -0.39 is 0 Å². The minimum absolute atomic E-state index is 0.118. The minimum atomic E-state index is -0.279. The molecule has 0 atom stereocenters. The maximum Gasteiger partial charge on any atom is 0.236 e. The van der Waals surface area contributed by atoms with E-state index in [9.17, 15) is 9.18 Å². The molecule has 1 heterocycles. The van der Waals surface area contributed by atoms with Crippen LogP contribution in [-0.4, -0.2) is 16.6 Å². The monoisotopic (exact) mass is 346 g/mol. The Balaban J connectivity index is 1.65. The highest BCUT2D eigenvalue weighted by Crippen LogP contribution is 2.30. The van der Waals surface area contributed by atoms with E-state index in [1.54, 1.807) is 12.1 Å². The lowest BCUT2D eigenvalue weighted by Gasteiger charge is -2.02. The van der Waals surface area contributed by atoms with Crippen molar-refractivity contribution in [3.63, 3.8) is 0 Å². The number of amides is 1. The highest BCUT2D eigenvalue weighted by molar-refractivity contribution is 8.00. The van der Waals surface area contributed by atoms with Crippen LogP contribution < -0.4 is 5.32 Å². The molecule has 23 heavy (non-hydrogen) atoms. The van der Waals surface area contributed by atoms with Crippen LogP contribution in [0.15, 0.2) is 41.3 Å². The van der Waals surface area contributed by atoms with E-state index in [0.717, 1.165) is 20.7 Å². The number of carbonyl (C=O) groups excluding carboxylic acids is 1. The fraction of sp³-hybridized carbons (Fsp3) is 0.176. The number of nitrogens with one attached hydrogen (secondary N) is 1. The fourth-order valence-corrected chi connectivity index (χ4v) is 3.89. The van der Waals surface area contributed by atoms with Gasteiger partial charge in [0.2, 0.25) is 5.91 Å². The first-order chi connectivity index (χ1) is 11.0. The predicted molar refractivity (Wildman–Crippen MR) is 94.8 cm³/mol. The van der Waals surface area contributed by atoms with Gasteiger partial charge >= 0.3 is 0 Å². The number of hydrogen-bond donors (Lipinski definition) is 1. The molecule has 0 saturated carbocycles. The van der Waals surface area contributed by atoms with Gasteiger partial charge < -0.3 is 5.32 Å². The Labute approximate surface area is 141 Å². The van der Waals surface area contributed by atoms with Crippen LogP contribution in [-0.2, 0) is 4.79 Å². The molecule has 3 nitrogen and oxygen atoms in total. The maximum atomic E-state index is 12.8. The highest BCUT2D eigenvalue weighted by Gasteiger charge is 2.10. The summed E-state index contributed by atoms with van der Waals surface area (Å²) in [7, 11) is 0. The van der Waals surface area contributed by atoms with Crippen molar-refractivity contribution in [1.82, 2.24) is 4.98 Å². The summed E-state index contributed by atoms with van der Waals surface area (Å²) >= 11 is 2.85. The molecule has 0 spiro atoms. The van der Waals surface area contributed by atoms with Crippen LogP contribution in [0.25, 0.3) is 10.2 Å². The van der Waals surface area contributed by atoms with Crippen LogP contribution in [0.3, 0.4) is 0 Å². The first-order valence-electron chi connectivity index (χ1n) is 7.07. The third-order valence-electron chi connectivity index (χ3n) is 3.25. The summed E-state index contributed by atoms with van der Waals surface area (Å²) in [6, 6.07) is 10.2. The molecular formula is C17H15FN2OS2. The highest BCUT2D eigenvalue weighted by atomic mass is 32.2. The number of aromatic nitrogens is 1. The van der Waals surface area contributed by atoms with Crippen LogP contribution in [0.4, 0.5) is 9.52 Å². The van der Waals surface area contributed by atoms with E-state index in [2.05, 4.69) is 16.4 Å². The number of rotatable bonds is 4. The number of thioether (sulfide) groups is 1. The Hall–Kier alpha value is -1.92. The van der Waals surface area contributed by atoms with Crippen molar-refractivity contribution < 1.29 is 9.18 Å². The minimum Gasteiger partial charge on any atom is -0.301 e. The maximum absolute atomic E-state index is 12.8. The number of nitrogens with zero attached hydrogens (tertiary/aromatic N) is 1. The Morgan fingerprint density at radius 1 is 1.26 bits per heavy atom. The van der Waals surface area contributed by atoms with Crippen molar-refractivity contribution in [1.29, 1.82) is 0 Å². The lowest BCUT2D eigenvalue weighted by molar-refractivity contribution is -0.113. The number of thiazole rings is 1. The van der Waals surface area contributed by atoms with Gasteiger partial charge in [-0.05, 0) is 55.3 Å². The van der Waals surface area contributed by atoms with E-state index in [4.69, 9.17) is 0 Å². The zero-order valence-electron chi connectivity index (χ0n) is 12.7. The molecule has 0 radical (unpaired) electrons. The molecular weight excluding hydrogens is 331 g/mol. The number of halogens is 1. The molecule has 2 aromatic carbocycles. The molecule has 6 heteroatoms. The zero-order valence-corrected chi connectivity index (χ0v) is 14.4. The SMILES string of the molecule is Cc1cc(C)c2sc(NC(=O)CSc3ccc(F)cc3)nc2c1. The van der Waals surface area contributed by atoms with Crippen LogP contribution in [0.1, 0.15) is 11.1 Å². The quantitative estimate of drug-likeness (QED) is 0.691. The summed E-state index contributed by atoms with van der Waals surface area (Å²) in [5, 5.41) is 3.44. The summed E-state index contributed by atoms with van der Waals surface area (Å²) in [4.78, 5) is 17.4. The Morgan fingerprint density at radius 2 is 2.00 bits per heavy atom. The van der Waals surface area contributed by atoms with Gasteiger partial charge in [-0.15, -0.1) is 11.8 Å². The molecule has 0 bridgehead atoms. The van der Waals surface area contributed by atoms with Crippen LogP contribution >= 0.6 is 23.1 Å². The lowest BCUT2D eigenvalue weighted by Crippen LogP contribution is -2.13. The molecule has 1 N–H and O–H groups in total. The number of carbonyl (C=O) groups is 1. The van der Waals surface area contributed by atoms with Crippen LogP contribution in [0.5, 0.6) is 0 Å². The summed E-state index contributed by atoms with van der Waals surface area (Å²) in [5.74, 6) is -0.133. The molecule has 3 rings (SSSR count). The van der Waals surface area contributed by atoms with Gasteiger partial charge in [-0.1, -0.05) is 17.4 Å². The molecule has 118 valence electrons. The molecule has 3 aromatic rings. The van der Waals surface area contributed by atoms with Gasteiger partial charge in [0.15, 0.2) is 5.13 Å². The van der Waals surface area contributed by atoms with Crippen molar-refractivity contribution in [3.05, 3.63) is 53.3 Å². The van der Waals surface area contributed by atoms with E-state index in [1.165, 1.54) is 40.8 Å². The van der Waals surface area contributed by atoms with Crippen LogP contribution in [0.2, 0.25) is 0 Å². The van der Waals surface area contributed by atoms with Gasteiger partial charge in [-0.3, -0.25) is 4.79 Å². The molecule has 0 aliphatic heterocycles. The third kappa shape index (κ3) is 3.89. The zero-order chi connectivity index (χ0) is 16.4. The Bertz CT molecular complexity index is 859. The second kappa shape index (κ2) is 6.68. The van der Waals surface area contributed by atoms with Gasteiger partial charge in [-0.2, -0.15) is 0 Å².